The van der Waals surface area contributed by atoms with Crippen LogP contribution in [0.2, 0.25) is 0 Å². The van der Waals surface area contributed by atoms with Gasteiger partial charge in [-0.3, -0.25) is 10.1 Å². The highest BCUT2D eigenvalue weighted by Crippen LogP contribution is 2.24. The van der Waals surface area contributed by atoms with Gasteiger partial charge in [0.25, 0.3) is 0 Å². The zero-order valence-electron chi connectivity index (χ0n) is 20.0. The summed E-state index contributed by atoms with van der Waals surface area (Å²) >= 11 is 0. The number of rotatable bonds is 6. The van der Waals surface area contributed by atoms with E-state index in [1.54, 1.807) is 4.68 Å². The predicted molar refractivity (Wildman–Crippen MR) is 138 cm³/mol. The van der Waals surface area contributed by atoms with Crippen LogP contribution in [0.3, 0.4) is 0 Å². The summed E-state index contributed by atoms with van der Waals surface area (Å²) in [5.74, 6) is 1.76. The van der Waals surface area contributed by atoms with Gasteiger partial charge in [-0.1, -0.05) is 37.3 Å². The van der Waals surface area contributed by atoms with Gasteiger partial charge in [-0.15, -0.1) is 0 Å². The number of H-pyrrole nitrogens is 1. The standard InChI is InChI=1S/C26H29N9/c1-19(20-6-4-3-5-7-20)22-14-29-26(30-15-22)35-10-8-34(9-11-35)25(31-18-27)24-12-21(13-28-24)23-16-32-33(2)17-23/h3-7,12-19,27-28H,8-11H2,1-2H3/b27-18?,31-25+/t19-/m1/s1. The summed E-state index contributed by atoms with van der Waals surface area (Å²) < 4.78 is 1.78. The first-order valence-electron chi connectivity index (χ1n) is 11.7. The first kappa shape index (κ1) is 22.5. The summed E-state index contributed by atoms with van der Waals surface area (Å²) in [7, 11) is 1.90. The summed E-state index contributed by atoms with van der Waals surface area (Å²) in [6.07, 6.45) is 10.7. The molecule has 1 atom stereocenters. The molecule has 2 N–H and O–H groups in total. The fraction of sp³-hybridized carbons (Fsp3) is 0.269. The van der Waals surface area contributed by atoms with Crippen molar-refractivity contribution in [2.45, 2.75) is 12.8 Å². The monoisotopic (exact) mass is 467 g/mol. The summed E-state index contributed by atoms with van der Waals surface area (Å²) in [6.45, 7) is 5.26. The lowest BCUT2D eigenvalue weighted by molar-refractivity contribution is 0.383. The van der Waals surface area contributed by atoms with Crippen LogP contribution in [-0.4, -0.2) is 68.0 Å². The van der Waals surface area contributed by atoms with Gasteiger partial charge in [-0.05, 0) is 17.2 Å². The first-order chi connectivity index (χ1) is 17.1. The molecule has 0 unspecified atom stereocenters. The average Bonchev–Trinajstić information content (AvgIpc) is 3.57. The highest BCUT2D eigenvalue weighted by molar-refractivity contribution is 6.01. The van der Waals surface area contributed by atoms with Gasteiger partial charge in [0.15, 0.2) is 5.84 Å². The summed E-state index contributed by atoms with van der Waals surface area (Å²) in [6, 6.07) is 12.5. The van der Waals surface area contributed by atoms with Gasteiger partial charge in [0.2, 0.25) is 5.95 Å². The number of nitrogens with zero attached hydrogens (tertiary/aromatic N) is 7. The van der Waals surface area contributed by atoms with E-state index in [0.29, 0.717) is 0 Å². The number of amidine groups is 1. The Morgan fingerprint density at radius 1 is 1.03 bits per heavy atom. The van der Waals surface area contributed by atoms with E-state index in [9.17, 15) is 0 Å². The molecule has 1 saturated heterocycles. The molecule has 1 aromatic carbocycles. The van der Waals surface area contributed by atoms with Crippen LogP contribution >= 0.6 is 0 Å². The zero-order valence-corrected chi connectivity index (χ0v) is 20.0. The number of piperazine rings is 1. The second kappa shape index (κ2) is 9.92. The molecule has 0 bridgehead atoms. The predicted octanol–water partition coefficient (Wildman–Crippen LogP) is 3.53. The maximum Gasteiger partial charge on any atom is 0.225 e. The number of aromatic amines is 1. The lowest BCUT2D eigenvalue weighted by Gasteiger charge is -2.36. The molecule has 1 fully saturated rings. The SMILES string of the molecule is C[C@H](c1ccccc1)c1cnc(N2CCN(/C(=N/C=N)c3cc(-c4cnn(C)c4)c[nH]3)CC2)nc1. The van der Waals surface area contributed by atoms with E-state index in [1.165, 1.54) is 5.56 Å². The molecule has 0 spiro atoms. The zero-order chi connectivity index (χ0) is 24.2. The number of aromatic nitrogens is 5. The molecule has 178 valence electrons. The van der Waals surface area contributed by atoms with Crippen molar-refractivity contribution in [3.63, 3.8) is 0 Å². The molecule has 35 heavy (non-hydrogen) atoms. The molecule has 3 aromatic heterocycles. The molecule has 5 rings (SSSR count). The Balaban J connectivity index is 1.25. The lowest BCUT2D eigenvalue weighted by atomic mass is 9.96. The molecule has 0 saturated carbocycles. The Bertz CT molecular complexity index is 1300. The maximum absolute atomic E-state index is 7.57. The van der Waals surface area contributed by atoms with Crippen molar-refractivity contribution < 1.29 is 0 Å². The van der Waals surface area contributed by atoms with Crippen LogP contribution in [0.25, 0.3) is 11.1 Å². The maximum atomic E-state index is 7.57. The van der Waals surface area contributed by atoms with Crippen LogP contribution in [0.1, 0.15) is 29.7 Å². The van der Waals surface area contributed by atoms with Crippen LogP contribution in [-0.2, 0) is 7.05 Å². The van der Waals surface area contributed by atoms with Gasteiger partial charge in [0.1, 0.15) is 6.34 Å². The normalized spacial score (nSPS) is 15.3. The van der Waals surface area contributed by atoms with E-state index in [0.717, 1.165) is 66.7 Å². The van der Waals surface area contributed by atoms with Gasteiger partial charge in [0, 0.05) is 75.1 Å². The van der Waals surface area contributed by atoms with Crippen molar-refractivity contribution in [3.05, 3.63) is 84.2 Å². The number of nitrogens with one attached hydrogen (secondary N) is 2. The minimum Gasteiger partial charge on any atom is -0.358 e. The number of hydrogen-bond acceptors (Lipinski definition) is 5. The number of aryl methyl sites for hydroxylation is 1. The number of hydrogen-bond donors (Lipinski definition) is 2. The minimum absolute atomic E-state index is 0.249. The Labute approximate surface area is 204 Å². The molecule has 4 heterocycles. The molecule has 0 aliphatic carbocycles. The van der Waals surface area contributed by atoms with E-state index in [-0.39, 0.29) is 5.92 Å². The van der Waals surface area contributed by atoms with Gasteiger partial charge in [-0.2, -0.15) is 5.10 Å². The highest BCUT2D eigenvalue weighted by atomic mass is 15.3. The van der Waals surface area contributed by atoms with Gasteiger partial charge < -0.3 is 14.8 Å². The molecular formula is C26H29N9. The van der Waals surface area contributed by atoms with Crippen LogP contribution in [0.5, 0.6) is 0 Å². The van der Waals surface area contributed by atoms with Crippen molar-refractivity contribution in [1.82, 2.24) is 29.6 Å². The van der Waals surface area contributed by atoms with Crippen LogP contribution < -0.4 is 4.90 Å². The van der Waals surface area contributed by atoms with Crippen molar-refractivity contribution in [2.75, 3.05) is 31.1 Å². The largest absolute Gasteiger partial charge is 0.358 e. The minimum atomic E-state index is 0.249. The van der Waals surface area contributed by atoms with E-state index in [4.69, 9.17) is 5.41 Å². The Hall–Kier alpha value is -4.27. The average molecular weight is 468 g/mol. The second-order valence-corrected chi connectivity index (χ2v) is 8.71. The fourth-order valence-corrected chi connectivity index (χ4v) is 4.41. The van der Waals surface area contributed by atoms with Gasteiger partial charge in [-0.25, -0.2) is 15.0 Å². The quantitative estimate of drug-likeness (QED) is 0.334. The molecule has 0 amide bonds. The van der Waals surface area contributed by atoms with Crippen LogP contribution in [0.4, 0.5) is 5.95 Å². The Kier molecular flexibility index (Phi) is 6.38. The molecule has 1 aliphatic rings. The van der Waals surface area contributed by atoms with Crippen molar-refractivity contribution in [3.8, 4) is 11.1 Å². The lowest BCUT2D eigenvalue weighted by Crippen LogP contribution is -2.49. The van der Waals surface area contributed by atoms with Gasteiger partial charge >= 0.3 is 0 Å². The number of benzene rings is 1. The molecule has 0 radical (unpaired) electrons. The number of aliphatic imine (C=N–C) groups is 1. The molecular weight excluding hydrogens is 438 g/mol. The Morgan fingerprint density at radius 2 is 1.77 bits per heavy atom. The molecule has 9 nitrogen and oxygen atoms in total. The molecule has 4 aromatic rings. The third-order valence-corrected chi connectivity index (χ3v) is 6.47. The van der Waals surface area contributed by atoms with Crippen LogP contribution in [0.15, 0.2) is 72.4 Å². The van der Waals surface area contributed by atoms with E-state index in [1.807, 2.05) is 44.1 Å². The van der Waals surface area contributed by atoms with Crippen molar-refractivity contribution in [2.24, 2.45) is 12.0 Å². The summed E-state index contributed by atoms with van der Waals surface area (Å²) in [4.78, 5) is 21.4. The molecule has 9 heteroatoms. The highest BCUT2D eigenvalue weighted by Gasteiger charge is 2.23. The summed E-state index contributed by atoms with van der Waals surface area (Å²) in [5, 5.41) is 11.8. The van der Waals surface area contributed by atoms with E-state index >= 15 is 0 Å². The fourth-order valence-electron chi connectivity index (χ4n) is 4.41. The third-order valence-electron chi connectivity index (χ3n) is 6.47. The summed E-state index contributed by atoms with van der Waals surface area (Å²) in [5.41, 5.74) is 5.33. The van der Waals surface area contributed by atoms with Crippen LogP contribution in [0, 0.1) is 5.41 Å². The van der Waals surface area contributed by atoms with Crippen molar-refractivity contribution >= 4 is 18.1 Å². The first-order valence-corrected chi connectivity index (χ1v) is 11.7. The smallest absolute Gasteiger partial charge is 0.225 e. The number of anilines is 1. The van der Waals surface area contributed by atoms with E-state index in [2.05, 4.69) is 72.1 Å². The van der Waals surface area contributed by atoms with Gasteiger partial charge in [0.05, 0.1) is 11.9 Å². The second-order valence-electron chi connectivity index (χ2n) is 8.71. The van der Waals surface area contributed by atoms with E-state index < -0.39 is 0 Å². The van der Waals surface area contributed by atoms with Crippen molar-refractivity contribution in [1.29, 1.82) is 5.41 Å². The topological polar surface area (TPSA) is 102 Å². The molecule has 1 aliphatic heterocycles. The third kappa shape index (κ3) is 4.84. The Morgan fingerprint density at radius 3 is 2.43 bits per heavy atom.